The minimum absolute atomic E-state index is 0. The molecule has 0 aromatic carbocycles. The third kappa shape index (κ3) is 5.26. The highest BCUT2D eigenvalue weighted by Crippen LogP contribution is 2.26. The SMILES string of the molecule is I.NC(=NCc1ccc(S(=O)(=O)N2CCOCC2)s1)N1CCOCC1. The van der Waals surface area contributed by atoms with Crippen LogP contribution in [0.3, 0.4) is 0 Å². The highest BCUT2D eigenvalue weighted by molar-refractivity contribution is 14.0. The number of nitrogens with zero attached hydrogens (tertiary/aromatic N) is 3. The van der Waals surface area contributed by atoms with Gasteiger partial charge in [0.1, 0.15) is 4.21 Å². The number of rotatable bonds is 4. The van der Waals surface area contributed by atoms with Gasteiger partial charge in [-0.15, -0.1) is 35.3 Å². The molecule has 142 valence electrons. The largest absolute Gasteiger partial charge is 0.379 e. The second kappa shape index (κ2) is 9.46. The van der Waals surface area contributed by atoms with Crippen LogP contribution in [0.1, 0.15) is 4.88 Å². The van der Waals surface area contributed by atoms with Crippen molar-refractivity contribution in [2.24, 2.45) is 10.7 Å². The predicted octanol–water partition coefficient (Wildman–Crippen LogP) is 0.534. The summed E-state index contributed by atoms with van der Waals surface area (Å²) in [6.45, 7) is 4.83. The van der Waals surface area contributed by atoms with Crippen LogP contribution in [0.15, 0.2) is 21.3 Å². The van der Waals surface area contributed by atoms with Crippen molar-refractivity contribution in [2.75, 3.05) is 52.6 Å². The van der Waals surface area contributed by atoms with Crippen LogP contribution >= 0.6 is 35.3 Å². The normalized spacial score (nSPS) is 20.3. The van der Waals surface area contributed by atoms with Gasteiger partial charge in [-0.3, -0.25) is 0 Å². The Bertz CT molecular complexity index is 683. The van der Waals surface area contributed by atoms with E-state index in [0.29, 0.717) is 56.2 Å². The first-order valence-electron chi connectivity index (χ1n) is 7.86. The maximum Gasteiger partial charge on any atom is 0.252 e. The summed E-state index contributed by atoms with van der Waals surface area (Å²) in [4.78, 5) is 7.22. The lowest BCUT2D eigenvalue weighted by molar-refractivity contribution is 0.0674. The Kier molecular flexibility index (Phi) is 7.89. The molecule has 0 unspecified atom stereocenters. The summed E-state index contributed by atoms with van der Waals surface area (Å²) in [5, 5.41) is 0. The summed E-state index contributed by atoms with van der Waals surface area (Å²) in [6.07, 6.45) is 0. The lowest BCUT2D eigenvalue weighted by Crippen LogP contribution is -2.44. The number of aliphatic imine (C=N–C) groups is 1. The second-order valence-electron chi connectivity index (χ2n) is 5.51. The summed E-state index contributed by atoms with van der Waals surface area (Å²) in [5.74, 6) is 0.476. The lowest BCUT2D eigenvalue weighted by Gasteiger charge is -2.27. The number of morpholine rings is 2. The molecule has 1 aromatic heterocycles. The van der Waals surface area contributed by atoms with Gasteiger partial charge in [0.2, 0.25) is 0 Å². The monoisotopic (exact) mass is 502 g/mol. The van der Waals surface area contributed by atoms with E-state index >= 15 is 0 Å². The third-order valence-corrected chi connectivity index (χ3v) is 7.37. The first kappa shape index (κ1) is 20.8. The molecular formula is C14H23IN4O4S2. The van der Waals surface area contributed by atoms with Gasteiger partial charge in [0.05, 0.1) is 33.0 Å². The van der Waals surface area contributed by atoms with Crippen molar-refractivity contribution < 1.29 is 17.9 Å². The number of hydrogen-bond acceptors (Lipinski definition) is 6. The molecule has 2 N–H and O–H groups in total. The van der Waals surface area contributed by atoms with Crippen LogP contribution in [0.5, 0.6) is 0 Å². The van der Waals surface area contributed by atoms with Gasteiger partial charge in [-0.25, -0.2) is 13.4 Å². The molecule has 0 saturated carbocycles. The summed E-state index contributed by atoms with van der Waals surface area (Å²) < 4.78 is 37.5. The van der Waals surface area contributed by atoms with Crippen molar-refractivity contribution in [1.82, 2.24) is 9.21 Å². The molecule has 2 saturated heterocycles. The van der Waals surface area contributed by atoms with Crippen LogP contribution in [0.25, 0.3) is 0 Å². The van der Waals surface area contributed by atoms with Crippen molar-refractivity contribution >= 4 is 51.3 Å². The first-order valence-corrected chi connectivity index (χ1v) is 10.1. The Morgan fingerprint density at radius 2 is 1.72 bits per heavy atom. The van der Waals surface area contributed by atoms with Crippen molar-refractivity contribution in [3.63, 3.8) is 0 Å². The molecule has 8 nitrogen and oxygen atoms in total. The maximum atomic E-state index is 12.6. The zero-order chi connectivity index (χ0) is 17.0. The van der Waals surface area contributed by atoms with E-state index in [-0.39, 0.29) is 24.0 Å². The molecule has 2 aliphatic rings. The standard InChI is InChI=1S/C14H22N4O4S2.HI/c15-14(17-3-7-21-8-4-17)16-11-12-1-2-13(23-12)24(19,20)18-5-9-22-10-6-18;/h1-2H,3-11H2,(H2,15,16);1H. The van der Waals surface area contributed by atoms with Crippen molar-refractivity contribution in [1.29, 1.82) is 0 Å². The van der Waals surface area contributed by atoms with E-state index < -0.39 is 10.0 Å². The molecule has 0 bridgehead atoms. The van der Waals surface area contributed by atoms with Gasteiger partial charge in [-0.1, -0.05) is 0 Å². The topological polar surface area (TPSA) is 97.5 Å². The summed E-state index contributed by atoms with van der Waals surface area (Å²) >= 11 is 1.25. The molecule has 25 heavy (non-hydrogen) atoms. The maximum absolute atomic E-state index is 12.6. The average Bonchev–Trinajstić information content (AvgIpc) is 3.11. The molecule has 0 spiro atoms. The molecule has 11 heteroatoms. The number of halogens is 1. The van der Waals surface area contributed by atoms with Gasteiger partial charge in [0, 0.05) is 31.1 Å². The summed E-state index contributed by atoms with van der Waals surface area (Å²) in [6, 6.07) is 3.44. The first-order chi connectivity index (χ1) is 11.6. The van der Waals surface area contributed by atoms with E-state index in [2.05, 4.69) is 4.99 Å². The fourth-order valence-corrected chi connectivity index (χ4v) is 5.39. The summed E-state index contributed by atoms with van der Waals surface area (Å²) in [5.41, 5.74) is 5.99. The number of guanidine groups is 1. The van der Waals surface area contributed by atoms with E-state index in [1.807, 2.05) is 4.90 Å². The highest BCUT2D eigenvalue weighted by atomic mass is 127. The zero-order valence-corrected chi connectivity index (χ0v) is 17.8. The molecule has 0 radical (unpaired) electrons. The average molecular weight is 502 g/mol. The van der Waals surface area contributed by atoms with Crippen molar-refractivity contribution in [3.05, 3.63) is 17.0 Å². The van der Waals surface area contributed by atoms with Gasteiger partial charge >= 0.3 is 0 Å². The lowest BCUT2D eigenvalue weighted by atomic mass is 10.4. The number of thiophene rings is 1. The molecule has 2 fully saturated rings. The molecule has 1 aromatic rings. The van der Waals surface area contributed by atoms with E-state index in [0.717, 1.165) is 18.0 Å². The molecule has 0 amide bonds. The fraction of sp³-hybridized carbons (Fsp3) is 0.643. The Morgan fingerprint density at radius 1 is 1.12 bits per heavy atom. The van der Waals surface area contributed by atoms with Gasteiger partial charge in [0.25, 0.3) is 10.0 Å². The van der Waals surface area contributed by atoms with Gasteiger partial charge in [0.15, 0.2) is 5.96 Å². The molecule has 2 aliphatic heterocycles. The van der Waals surface area contributed by atoms with E-state index in [1.54, 1.807) is 12.1 Å². The quantitative estimate of drug-likeness (QED) is 0.367. The Morgan fingerprint density at radius 3 is 2.36 bits per heavy atom. The van der Waals surface area contributed by atoms with Crippen LogP contribution in [-0.4, -0.2) is 76.2 Å². The molecular weight excluding hydrogens is 479 g/mol. The van der Waals surface area contributed by atoms with Crippen LogP contribution in [0.2, 0.25) is 0 Å². The van der Waals surface area contributed by atoms with E-state index in [1.165, 1.54) is 15.6 Å². The van der Waals surface area contributed by atoms with Crippen LogP contribution in [-0.2, 0) is 26.0 Å². The Balaban J connectivity index is 0.00000225. The minimum atomic E-state index is -3.44. The van der Waals surface area contributed by atoms with Crippen LogP contribution in [0, 0.1) is 0 Å². The van der Waals surface area contributed by atoms with Gasteiger partial charge < -0.3 is 20.1 Å². The van der Waals surface area contributed by atoms with E-state index in [9.17, 15) is 8.42 Å². The Hall–Kier alpha value is -0.470. The number of sulfonamides is 1. The van der Waals surface area contributed by atoms with Crippen molar-refractivity contribution in [3.8, 4) is 0 Å². The smallest absolute Gasteiger partial charge is 0.252 e. The summed E-state index contributed by atoms with van der Waals surface area (Å²) in [7, 11) is -3.44. The van der Waals surface area contributed by atoms with Crippen LogP contribution < -0.4 is 5.73 Å². The third-order valence-electron chi connectivity index (χ3n) is 3.93. The fourth-order valence-electron chi connectivity index (χ4n) is 2.55. The van der Waals surface area contributed by atoms with Crippen LogP contribution in [0.4, 0.5) is 0 Å². The number of nitrogens with two attached hydrogens (primary N) is 1. The molecule has 0 atom stereocenters. The molecule has 0 aliphatic carbocycles. The predicted molar refractivity (Wildman–Crippen MR) is 107 cm³/mol. The number of ether oxygens (including phenoxy) is 2. The zero-order valence-electron chi connectivity index (χ0n) is 13.8. The molecule has 3 rings (SSSR count). The van der Waals surface area contributed by atoms with Gasteiger partial charge in [-0.2, -0.15) is 4.31 Å². The number of hydrogen-bond donors (Lipinski definition) is 1. The Labute approximate surface area is 169 Å². The van der Waals surface area contributed by atoms with Crippen molar-refractivity contribution in [2.45, 2.75) is 10.8 Å². The highest BCUT2D eigenvalue weighted by Gasteiger charge is 2.27. The molecule has 3 heterocycles. The van der Waals surface area contributed by atoms with E-state index in [4.69, 9.17) is 15.2 Å². The van der Waals surface area contributed by atoms with Gasteiger partial charge in [-0.05, 0) is 12.1 Å². The second-order valence-corrected chi connectivity index (χ2v) is 8.84. The minimum Gasteiger partial charge on any atom is -0.379 e.